The molecule has 0 spiro atoms. The van der Waals surface area contributed by atoms with Gasteiger partial charge in [-0.2, -0.15) is 0 Å². The van der Waals surface area contributed by atoms with Crippen molar-refractivity contribution >= 4 is 11.8 Å². The minimum absolute atomic E-state index is 0.199. The second-order valence-electron chi connectivity index (χ2n) is 5.67. The Kier molecular flexibility index (Phi) is 3.98. The summed E-state index contributed by atoms with van der Waals surface area (Å²) in [7, 11) is 0. The molecule has 114 valence electrons. The largest absolute Gasteiger partial charge is 0.340 e. The summed E-state index contributed by atoms with van der Waals surface area (Å²) in [6.45, 7) is 4.64. The molecule has 1 aliphatic heterocycles. The molecule has 4 nitrogen and oxygen atoms in total. The average Bonchev–Trinajstić information content (AvgIpc) is 2.39. The third-order valence-electron chi connectivity index (χ3n) is 3.69. The molecule has 0 bridgehead atoms. The number of amides is 2. The zero-order valence-corrected chi connectivity index (χ0v) is 12.2. The Labute approximate surface area is 122 Å². The highest BCUT2D eigenvalue weighted by Gasteiger charge is 2.44. The summed E-state index contributed by atoms with van der Waals surface area (Å²) < 4.78 is 27.5. The molecule has 2 rings (SSSR count). The van der Waals surface area contributed by atoms with Crippen LogP contribution in [0, 0.1) is 11.6 Å². The van der Waals surface area contributed by atoms with Crippen molar-refractivity contribution in [1.29, 1.82) is 0 Å². The average molecular weight is 296 g/mol. The molecule has 0 aliphatic carbocycles. The lowest BCUT2D eigenvalue weighted by molar-refractivity contribution is -0.154. The summed E-state index contributed by atoms with van der Waals surface area (Å²) in [5, 5.41) is 2.63. The van der Waals surface area contributed by atoms with Crippen molar-refractivity contribution in [2.45, 2.75) is 45.3 Å². The topological polar surface area (TPSA) is 49.4 Å². The Morgan fingerprint density at radius 3 is 2.33 bits per heavy atom. The Bertz CT molecular complexity index is 567. The molecule has 21 heavy (non-hydrogen) atoms. The van der Waals surface area contributed by atoms with E-state index < -0.39 is 23.2 Å². The zero-order valence-electron chi connectivity index (χ0n) is 12.2. The minimum Gasteiger partial charge on any atom is -0.340 e. The Hall–Kier alpha value is -1.98. The van der Waals surface area contributed by atoms with Gasteiger partial charge in [0.25, 0.3) is 0 Å². The maximum Gasteiger partial charge on any atom is 0.248 e. The molecular formula is C15H18F2N2O2. The Morgan fingerprint density at radius 2 is 1.81 bits per heavy atom. The molecule has 0 saturated carbocycles. The van der Waals surface area contributed by atoms with Crippen LogP contribution >= 0.6 is 0 Å². The van der Waals surface area contributed by atoms with Crippen LogP contribution in [0.4, 0.5) is 8.78 Å². The zero-order chi connectivity index (χ0) is 15.8. The van der Waals surface area contributed by atoms with Gasteiger partial charge in [0, 0.05) is 5.56 Å². The molecule has 1 N–H and O–H groups in total. The smallest absolute Gasteiger partial charge is 0.248 e. The van der Waals surface area contributed by atoms with Crippen LogP contribution in [-0.4, -0.2) is 28.3 Å². The highest BCUT2D eigenvalue weighted by atomic mass is 19.1. The standard InChI is InChI=1S/C15H18F2N2O2/c1-4-12-13(20)18-15(2,3)14(21)19(12)8-9-10(16)6-5-7-11(9)17/h5-7,12H,4,8H2,1-3H3,(H,18,20). The Morgan fingerprint density at radius 1 is 1.24 bits per heavy atom. The number of hydrogen-bond acceptors (Lipinski definition) is 2. The first-order valence-electron chi connectivity index (χ1n) is 6.84. The number of carbonyl (C=O) groups is 2. The lowest BCUT2D eigenvalue weighted by Gasteiger charge is -2.42. The highest BCUT2D eigenvalue weighted by Crippen LogP contribution is 2.24. The van der Waals surface area contributed by atoms with Gasteiger partial charge in [0.05, 0.1) is 6.54 Å². The number of hydrogen-bond donors (Lipinski definition) is 1. The Balaban J connectivity index is 2.39. The number of halogens is 2. The van der Waals surface area contributed by atoms with Crippen LogP contribution in [0.5, 0.6) is 0 Å². The van der Waals surface area contributed by atoms with Crippen LogP contribution in [0.15, 0.2) is 18.2 Å². The highest BCUT2D eigenvalue weighted by molar-refractivity contribution is 5.99. The van der Waals surface area contributed by atoms with Crippen molar-refractivity contribution in [3.05, 3.63) is 35.4 Å². The summed E-state index contributed by atoms with van der Waals surface area (Å²) in [5.41, 5.74) is -1.28. The van der Waals surface area contributed by atoms with Gasteiger partial charge in [-0.05, 0) is 32.4 Å². The monoisotopic (exact) mass is 296 g/mol. The predicted molar refractivity (Wildman–Crippen MR) is 73.2 cm³/mol. The van der Waals surface area contributed by atoms with Crippen LogP contribution in [-0.2, 0) is 16.1 Å². The van der Waals surface area contributed by atoms with Crippen LogP contribution in [0.3, 0.4) is 0 Å². The summed E-state index contributed by atoms with van der Waals surface area (Å²) >= 11 is 0. The fourth-order valence-corrected chi connectivity index (χ4v) is 2.53. The van der Waals surface area contributed by atoms with Crippen LogP contribution < -0.4 is 5.32 Å². The van der Waals surface area contributed by atoms with E-state index >= 15 is 0 Å². The van der Waals surface area contributed by atoms with Crippen LogP contribution in [0.1, 0.15) is 32.8 Å². The van der Waals surface area contributed by atoms with Gasteiger partial charge in [0.15, 0.2) is 0 Å². The lowest BCUT2D eigenvalue weighted by atomic mass is 9.95. The summed E-state index contributed by atoms with van der Waals surface area (Å²) in [6.07, 6.45) is 0.379. The van der Waals surface area contributed by atoms with E-state index in [-0.39, 0.29) is 23.9 Å². The molecule has 1 aliphatic rings. The molecule has 1 atom stereocenters. The van der Waals surface area contributed by atoms with Crippen molar-refractivity contribution in [3.63, 3.8) is 0 Å². The first kappa shape index (κ1) is 15.4. The van der Waals surface area contributed by atoms with Gasteiger partial charge in [0.1, 0.15) is 23.2 Å². The van der Waals surface area contributed by atoms with Gasteiger partial charge in [-0.1, -0.05) is 13.0 Å². The summed E-state index contributed by atoms with van der Waals surface area (Å²) in [4.78, 5) is 25.8. The maximum atomic E-state index is 13.8. The van der Waals surface area contributed by atoms with E-state index in [2.05, 4.69) is 5.32 Å². The fraction of sp³-hybridized carbons (Fsp3) is 0.467. The second-order valence-corrected chi connectivity index (χ2v) is 5.67. The van der Waals surface area contributed by atoms with Crippen molar-refractivity contribution in [2.75, 3.05) is 0 Å². The van der Waals surface area contributed by atoms with Crippen LogP contribution in [0.25, 0.3) is 0 Å². The molecule has 1 aromatic carbocycles. The molecule has 6 heteroatoms. The van der Waals surface area contributed by atoms with E-state index in [1.165, 1.54) is 11.0 Å². The van der Waals surface area contributed by atoms with Gasteiger partial charge in [-0.3, -0.25) is 9.59 Å². The van der Waals surface area contributed by atoms with Crippen molar-refractivity contribution in [1.82, 2.24) is 10.2 Å². The van der Waals surface area contributed by atoms with E-state index in [1.807, 2.05) is 0 Å². The number of carbonyl (C=O) groups excluding carboxylic acids is 2. The van der Waals surface area contributed by atoms with Gasteiger partial charge in [-0.25, -0.2) is 8.78 Å². The van der Waals surface area contributed by atoms with Gasteiger partial charge in [-0.15, -0.1) is 0 Å². The van der Waals surface area contributed by atoms with E-state index in [4.69, 9.17) is 0 Å². The number of nitrogens with one attached hydrogen (secondary N) is 1. The van der Waals surface area contributed by atoms with E-state index in [1.54, 1.807) is 20.8 Å². The number of nitrogens with zero attached hydrogens (tertiary/aromatic N) is 1. The van der Waals surface area contributed by atoms with E-state index in [0.717, 1.165) is 12.1 Å². The number of piperazine rings is 1. The predicted octanol–water partition coefficient (Wildman–Crippen LogP) is 1.98. The maximum absolute atomic E-state index is 13.8. The lowest BCUT2D eigenvalue weighted by Crippen LogP contribution is -2.67. The molecule has 1 saturated heterocycles. The molecule has 0 aromatic heterocycles. The van der Waals surface area contributed by atoms with Gasteiger partial charge in [0.2, 0.25) is 11.8 Å². The van der Waals surface area contributed by atoms with Crippen molar-refractivity contribution in [2.24, 2.45) is 0 Å². The summed E-state index contributed by atoms with van der Waals surface area (Å²) in [5.74, 6) is -2.10. The van der Waals surface area contributed by atoms with Gasteiger partial charge < -0.3 is 10.2 Å². The molecule has 1 heterocycles. The SMILES string of the molecule is CCC1C(=O)NC(C)(C)C(=O)N1Cc1c(F)cccc1F. The van der Waals surface area contributed by atoms with Crippen molar-refractivity contribution < 1.29 is 18.4 Å². The molecule has 1 fully saturated rings. The van der Waals surface area contributed by atoms with Crippen molar-refractivity contribution in [3.8, 4) is 0 Å². The molecule has 0 radical (unpaired) electrons. The number of benzene rings is 1. The minimum atomic E-state index is -1.08. The first-order valence-corrected chi connectivity index (χ1v) is 6.84. The third-order valence-corrected chi connectivity index (χ3v) is 3.69. The fourth-order valence-electron chi connectivity index (χ4n) is 2.53. The quantitative estimate of drug-likeness (QED) is 0.927. The molecule has 1 aromatic rings. The molecule has 1 unspecified atom stereocenters. The first-order chi connectivity index (χ1) is 9.77. The van der Waals surface area contributed by atoms with Crippen LogP contribution in [0.2, 0.25) is 0 Å². The number of rotatable bonds is 3. The van der Waals surface area contributed by atoms with E-state index in [0.29, 0.717) is 6.42 Å². The summed E-state index contributed by atoms with van der Waals surface area (Å²) in [6, 6.07) is 2.82. The second kappa shape index (κ2) is 5.42. The normalized spacial score (nSPS) is 21.4. The van der Waals surface area contributed by atoms with E-state index in [9.17, 15) is 18.4 Å². The van der Waals surface area contributed by atoms with Gasteiger partial charge >= 0.3 is 0 Å². The third kappa shape index (κ3) is 2.75. The molecule has 2 amide bonds. The molecular weight excluding hydrogens is 278 g/mol.